The fourth-order valence-electron chi connectivity index (χ4n) is 2.31. The minimum absolute atomic E-state index is 0.0269. The summed E-state index contributed by atoms with van der Waals surface area (Å²) in [7, 11) is 0. The molecule has 0 fully saturated rings. The predicted octanol–water partition coefficient (Wildman–Crippen LogP) is 2.87. The number of rotatable bonds is 4. The first-order valence-electron chi connectivity index (χ1n) is 7.87. The van der Waals surface area contributed by atoms with Gasteiger partial charge in [0.05, 0.1) is 0 Å². The maximum atomic E-state index is 12.1. The number of carbonyl (C=O) groups is 2. The van der Waals surface area contributed by atoms with Gasteiger partial charge in [-0.2, -0.15) is 0 Å². The monoisotopic (exact) mass is 348 g/mol. The zero-order valence-corrected chi connectivity index (χ0v) is 14.0. The summed E-state index contributed by atoms with van der Waals surface area (Å²) in [6, 6.07) is 15.6. The van der Waals surface area contributed by atoms with Crippen molar-refractivity contribution in [2.75, 3.05) is 0 Å². The van der Waals surface area contributed by atoms with Crippen molar-refractivity contribution in [3.8, 4) is 5.75 Å². The van der Waals surface area contributed by atoms with Gasteiger partial charge in [0.1, 0.15) is 11.4 Å². The van der Waals surface area contributed by atoms with E-state index in [0.29, 0.717) is 11.3 Å². The summed E-state index contributed by atoms with van der Waals surface area (Å²) in [6.07, 6.45) is 3.22. The molecule has 1 aliphatic rings. The normalized spacial score (nSPS) is 15.6. The lowest BCUT2D eigenvalue weighted by molar-refractivity contribution is -0.130. The molecular formula is C20H16N2O4. The number of cyclic esters (lactones) is 1. The van der Waals surface area contributed by atoms with Gasteiger partial charge >= 0.3 is 5.97 Å². The summed E-state index contributed by atoms with van der Waals surface area (Å²) in [4.78, 5) is 27.8. The van der Waals surface area contributed by atoms with Crippen molar-refractivity contribution in [3.63, 3.8) is 0 Å². The predicted molar refractivity (Wildman–Crippen MR) is 97.8 cm³/mol. The summed E-state index contributed by atoms with van der Waals surface area (Å²) in [5, 5.41) is 12.0. The number of ether oxygens (including phenoxy) is 1. The number of aromatic hydroxyl groups is 1. The average molecular weight is 348 g/mol. The Labute approximate surface area is 150 Å². The molecule has 3 rings (SSSR count). The molecule has 0 atom stereocenters. The van der Waals surface area contributed by atoms with Crippen LogP contribution in [0.4, 0.5) is 0 Å². The minimum Gasteiger partial charge on any atom is -0.508 e. The van der Waals surface area contributed by atoms with Crippen molar-refractivity contribution in [1.82, 2.24) is 5.32 Å². The molecule has 0 radical (unpaired) electrons. The van der Waals surface area contributed by atoms with Crippen LogP contribution in [0.3, 0.4) is 0 Å². The first-order chi connectivity index (χ1) is 12.5. The van der Waals surface area contributed by atoms with Crippen molar-refractivity contribution in [1.29, 1.82) is 0 Å². The molecule has 130 valence electrons. The van der Waals surface area contributed by atoms with Gasteiger partial charge in [-0.1, -0.05) is 42.5 Å². The third kappa shape index (κ3) is 4.24. The smallest absolute Gasteiger partial charge is 0.363 e. The fraction of sp³-hybridized carbons (Fsp3) is 0.0500. The standard InChI is InChI=1S/C20H16N2O4/c1-13(23)21-17(11-14-5-3-2-4-6-14)19-22-18(20(25)26-19)12-15-7-9-16(24)10-8-15/h2-12,24H,1H3,(H,21,23)/b17-11+,18-12+. The van der Waals surface area contributed by atoms with Crippen molar-refractivity contribution in [3.05, 3.63) is 77.1 Å². The van der Waals surface area contributed by atoms with Gasteiger partial charge in [0.2, 0.25) is 11.8 Å². The Kier molecular flexibility index (Phi) is 4.94. The SMILES string of the molecule is CC(=O)N/C(=C/c1ccccc1)C1=N/C(=C/c2ccc(O)cc2)C(=O)O1. The zero-order valence-electron chi connectivity index (χ0n) is 14.0. The highest BCUT2D eigenvalue weighted by Crippen LogP contribution is 2.20. The molecule has 2 aromatic carbocycles. The Morgan fingerprint density at radius 2 is 1.77 bits per heavy atom. The van der Waals surface area contributed by atoms with E-state index in [-0.39, 0.29) is 23.3 Å². The number of esters is 1. The number of benzene rings is 2. The molecule has 0 saturated heterocycles. The molecule has 0 spiro atoms. The van der Waals surface area contributed by atoms with E-state index in [1.165, 1.54) is 19.1 Å². The number of nitrogens with zero attached hydrogens (tertiary/aromatic N) is 1. The molecule has 2 N–H and O–H groups in total. The molecule has 0 unspecified atom stereocenters. The van der Waals surface area contributed by atoms with Crippen LogP contribution in [0, 0.1) is 0 Å². The highest BCUT2D eigenvalue weighted by Gasteiger charge is 2.26. The molecule has 1 amide bonds. The average Bonchev–Trinajstić information content (AvgIpc) is 2.98. The lowest BCUT2D eigenvalue weighted by Crippen LogP contribution is -2.25. The number of nitrogens with one attached hydrogen (secondary N) is 1. The second-order valence-corrected chi connectivity index (χ2v) is 5.58. The van der Waals surface area contributed by atoms with Gasteiger partial charge < -0.3 is 15.2 Å². The summed E-state index contributed by atoms with van der Waals surface area (Å²) < 4.78 is 5.22. The van der Waals surface area contributed by atoms with Crippen LogP contribution in [0.25, 0.3) is 12.2 Å². The molecule has 0 saturated carbocycles. The molecule has 6 heteroatoms. The summed E-state index contributed by atoms with van der Waals surface area (Å²) >= 11 is 0. The Hall–Kier alpha value is -3.67. The van der Waals surface area contributed by atoms with Gasteiger partial charge in [-0.3, -0.25) is 4.79 Å². The number of phenols is 1. The Bertz CT molecular complexity index is 926. The fourth-order valence-corrected chi connectivity index (χ4v) is 2.31. The van der Waals surface area contributed by atoms with Gasteiger partial charge in [-0.15, -0.1) is 0 Å². The molecule has 1 heterocycles. The summed E-state index contributed by atoms with van der Waals surface area (Å²) in [5.41, 5.74) is 1.92. The van der Waals surface area contributed by atoms with Crippen LogP contribution in [0.15, 0.2) is 71.0 Å². The van der Waals surface area contributed by atoms with Crippen LogP contribution in [0.1, 0.15) is 18.1 Å². The van der Waals surface area contributed by atoms with E-state index in [1.807, 2.05) is 30.3 Å². The number of phenolic OH excluding ortho intramolecular Hbond substituents is 1. The van der Waals surface area contributed by atoms with Gasteiger partial charge in [0.25, 0.3) is 0 Å². The van der Waals surface area contributed by atoms with Crippen LogP contribution >= 0.6 is 0 Å². The van der Waals surface area contributed by atoms with Crippen LogP contribution in [-0.4, -0.2) is 22.9 Å². The number of carbonyl (C=O) groups excluding carboxylic acids is 2. The summed E-state index contributed by atoms with van der Waals surface area (Å²) in [6.45, 7) is 1.36. The topological polar surface area (TPSA) is 88.0 Å². The van der Waals surface area contributed by atoms with E-state index in [2.05, 4.69) is 10.3 Å². The molecule has 1 aliphatic heterocycles. The van der Waals surface area contributed by atoms with E-state index >= 15 is 0 Å². The van der Waals surface area contributed by atoms with Gasteiger partial charge in [-0.05, 0) is 35.4 Å². The third-order valence-electron chi connectivity index (χ3n) is 3.47. The molecule has 0 aliphatic carbocycles. The van der Waals surface area contributed by atoms with Crippen LogP contribution in [0.2, 0.25) is 0 Å². The molecule has 0 bridgehead atoms. The lowest BCUT2D eigenvalue weighted by Gasteiger charge is -2.06. The van der Waals surface area contributed by atoms with E-state index in [1.54, 1.807) is 24.3 Å². The quantitative estimate of drug-likeness (QED) is 0.657. The van der Waals surface area contributed by atoms with Crippen LogP contribution < -0.4 is 5.32 Å². The second kappa shape index (κ2) is 7.48. The highest BCUT2D eigenvalue weighted by atomic mass is 16.6. The van der Waals surface area contributed by atoms with Crippen molar-refractivity contribution >= 4 is 29.9 Å². The van der Waals surface area contributed by atoms with E-state index in [9.17, 15) is 14.7 Å². The zero-order chi connectivity index (χ0) is 18.5. The van der Waals surface area contributed by atoms with Crippen molar-refractivity contribution in [2.24, 2.45) is 4.99 Å². The molecular weight excluding hydrogens is 332 g/mol. The highest BCUT2D eigenvalue weighted by molar-refractivity contribution is 6.14. The van der Waals surface area contributed by atoms with Crippen molar-refractivity contribution in [2.45, 2.75) is 6.92 Å². The minimum atomic E-state index is -0.614. The molecule has 26 heavy (non-hydrogen) atoms. The first kappa shape index (κ1) is 17.2. The molecule has 2 aromatic rings. The molecule has 0 aromatic heterocycles. The number of hydrogen-bond acceptors (Lipinski definition) is 5. The van der Waals surface area contributed by atoms with Crippen LogP contribution in [0.5, 0.6) is 5.75 Å². The number of amides is 1. The largest absolute Gasteiger partial charge is 0.508 e. The van der Waals surface area contributed by atoms with Gasteiger partial charge in [0, 0.05) is 6.92 Å². The maximum Gasteiger partial charge on any atom is 0.363 e. The lowest BCUT2D eigenvalue weighted by atomic mass is 10.2. The Morgan fingerprint density at radius 3 is 2.42 bits per heavy atom. The van der Waals surface area contributed by atoms with Crippen LogP contribution in [-0.2, 0) is 14.3 Å². The van der Waals surface area contributed by atoms with Gasteiger partial charge in [0.15, 0.2) is 5.70 Å². The van der Waals surface area contributed by atoms with E-state index in [4.69, 9.17) is 4.74 Å². The second-order valence-electron chi connectivity index (χ2n) is 5.58. The number of hydrogen-bond donors (Lipinski definition) is 2. The Balaban J connectivity index is 1.94. The van der Waals surface area contributed by atoms with Gasteiger partial charge in [-0.25, -0.2) is 9.79 Å². The first-order valence-corrected chi connectivity index (χ1v) is 7.87. The third-order valence-corrected chi connectivity index (χ3v) is 3.47. The summed E-state index contributed by atoms with van der Waals surface area (Å²) in [5.74, 6) is -0.762. The van der Waals surface area contributed by atoms with E-state index in [0.717, 1.165) is 5.56 Å². The maximum absolute atomic E-state index is 12.1. The van der Waals surface area contributed by atoms with E-state index < -0.39 is 5.97 Å². The Morgan fingerprint density at radius 1 is 1.08 bits per heavy atom. The molecule has 6 nitrogen and oxygen atoms in total. The van der Waals surface area contributed by atoms with Crippen molar-refractivity contribution < 1.29 is 19.4 Å². The number of aliphatic imine (C=N–C) groups is 1.